The number of amides is 1. The fraction of sp³-hybridized carbons (Fsp3) is 0.455. The Morgan fingerprint density at radius 2 is 2.19 bits per heavy atom. The third-order valence-electron chi connectivity index (χ3n) is 2.83. The van der Waals surface area contributed by atoms with Crippen molar-refractivity contribution < 1.29 is 14.7 Å². The monoisotopic (exact) mass is 239 g/mol. The Morgan fingerprint density at radius 1 is 1.50 bits per heavy atom. The molecule has 1 aromatic heterocycles. The fourth-order valence-electron chi connectivity index (χ4n) is 1.65. The molecular formula is C11H13NO3S. The molecule has 16 heavy (non-hydrogen) atoms. The van der Waals surface area contributed by atoms with Gasteiger partial charge in [-0.25, -0.2) is 4.79 Å². The number of carboxylic acids is 1. The maximum absolute atomic E-state index is 11.6. The van der Waals surface area contributed by atoms with Crippen LogP contribution >= 0.6 is 11.3 Å². The standard InChI is InChI=1S/C11H13NO3S/c1-6-5-8(16-9(6)11(14)15)12-10(13)7-3-2-4-7/h5,7H,2-4H2,1H3,(H,12,13)(H,14,15). The third-order valence-corrected chi connectivity index (χ3v) is 3.97. The van der Waals surface area contributed by atoms with Gasteiger partial charge in [-0.15, -0.1) is 11.3 Å². The van der Waals surface area contributed by atoms with E-state index in [2.05, 4.69) is 5.32 Å². The Morgan fingerprint density at radius 3 is 2.62 bits per heavy atom. The first kappa shape index (κ1) is 11.1. The minimum absolute atomic E-state index is 0.0180. The fourth-order valence-corrected chi connectivity index (χ4v) is 2.56. The van der Waals surface area contributed by atoms with E-state index in [1.165, 1.54) is 0 Å². The molecule has 1 amide bonds. The van der Waals surface area contributed by atoms with Gasteiger partial charge >= 0.3 is 5.97 Å². The van der Waals surface area contributed by atoms with E-state index in [0.717, 1.165) is 30.6 Å². The molecule has 86 valence electrons. The van der Waals surface area contributed by atoms with Crippen LogP contribution in [0.4, 0.5) is 5.00 Å². The molecule has 0 spiro atoms. The molecule has 1 aliphatic rings. The second kappa shape index (κ2) is 4.25. The zero-order valence-corrected chi connectivity index (χ0v) is 9.76. The van der Waals surface area contributed by atoms with Crippen LogP contribution < -0.4 is 5.32 Å². The minimum Gasteiger partial charge on any atom is -0.477 e. The normalized spacial score (nSPS) is 15.6. The summed E-state index contributed by atoms with van der Waals surface area (Å²) in [4.78, 5) is 22.7. The molecule has 1 heterocycles. The van der Waals surface area contributed by atoms with Crippen LogP contribution in [0.25, 0.3) is 0 Å². The van der Waals surface area contributed by atoms with Crippen molar-refractivity contribution in [3.05, 3.63) is 16.5 Å². The van der Waals surface area contributed by atoms with Crippen molar-refractivity contribution in [1.82, 2.24) is 0 Å². The third kappa shape index (κ3) is 2.09. The number of carbonyl (C=O) groups is 2. The summed E-state index contributed by atoms with van der Waals surface area (Å²) in [5, 5.41) is 12.3. The highest BCUT2D eigenvalue weighted by molar-refractivity contribution is 7.18. The summed E-state index contributed by atoms with van der Waals surface area (Å²) in [6, 6.07) is 1.71. The van der Waals surface area contributed by atoms with E-state index in [1.807, 2.05) is 0 Å². The Hall–Kier alpha value is -1.36. The summed E-state index contributed by atoms with van der Waals surface area (Å²) < 4.78 is 0. The zero-order valence-electron chi connectivity index (χ0n) is 8.95. The topological polar surface area (TPSA) is 66.4 Å². The highest BCUT2D eigenvalue weighted by Gasteiger charge is 2.25. The summed E-state index contributed by atoms with van der Waals surface area (Å²) in [5.74, 6) is -0.799. The second-order valence-electron chi connectivity index (χ2n) is 4.05. The van der Waals surface area contributed by atoms with Gasteiger partial charge in [0.25, 0.3) is 0 Å². The molecule has 1 saturated carbocycles. The van der Waals surface area contributed by atoms with Crippen molar-refractivity contribution in [2.24, 2.45) is 5.92 Å². The van der Waals surface area contributed by atoms with Gasteiger partial charge in [0.05, 0.1) is 5.00 Å². The van der Waals surface area contributed by atoms with Crippen LogP contribution in [-0.4, -0.2) is 17.0 Å². The van der Waals surface area contributed by atoms with Gasteiger partial charge in [0.15, 0.2) is 0 Å². The molecule has 0 atom stereocenters. The largest absolute Gasteiger partial charge is 0.477 e. The van der Waals surface area contributed by atoms with Gasteiger partial charge in [-0.3, -0.25) is 4.79 Å². The predicted octanol–water partition coefficient (Wildman–Crippen LogP) is 2.49. The molecule has 5 heteroatoms. The molecule has 0 aliphatic heterocycles. The average Bonchev–Trinajstić information content (AvgIpc) is 2.43. The summed E-state index contributed by atoms with van der Waals surface area (Å²) in [6.45, 7) is 1.74. The summed E-state index contributed by atoms with van der Waals surface area (Å²) in [5.41, 5.74) is 0.696. The second-order valence-corrected chi connectivity index (χ2v) is 5.10. The SMILES string of the molecule is Cc1cc(NC(=O)C2CCC2)sc1C(=O)O. The number of rotatable bonds is 3. The molecular weight excluding hydrogens is 226 g/mol. The van der Waals surface area contributed by atoms with E-state index in [1.54, 1.807) is 13.0 Å². The lowest BCUT2D eigenvalue weighted by atomic mass is 9.85. The molecule has 0 aromatic carbocycles. The lowest BCUT2D eigenvalue weighted by Crippen LogP contribution is -2.27. The number of thiophene rings is 1. The van der Waals surface area contributed by atoms with E-state index < -0.39 is 5.97 Å². The molecule has 0 unspecified atom stereocenters. The van der Waals surface area contributed by atoms with Crippen molar-refractivity contribution in [2.75, 3.05) is 5.32 Å². The maximum atomic E-state index is 11.6. The minimum atomic E-state index is -0.938. The van der Waals surface area contributed by atoms with E-state index in [-0.39, 0.29) is 11.8 Å². The van der Waals surface area contributed by atoms with Crippen LogP contribution in [0.3, 0.4) is 0 Å². The van der Waals surface area contributed by atoms with E-state index in [0.29, 0.717) is 15.4 Å². The van der Waals surface area contributed by atoms with Crippen LogP contribution in [-0.2, 0) is 4.79 Å². The van der Waals surface area contributed by atoms with Crippen LogP contribution in [0, 0.1) is 12.8 Å². The summed E-state index contributed by atoms with van der Waals surface area (Å²) >= 11 is 1.12. The van der Waals surface area contributed by atoms with Gasteiger partial charge in [-0.2, -0.15) is 0 Å². The predicted molar refractivity (Wildman–Crippen MR) is 62.0 cm³/mol. The average molecular weight is 239 g/mol. The molecule has 0 bridgehead atoms. The number of anilines is 1. The molecule has 1 fully saturated rings. The molecule has 1 aromatic rings. The zero-order chi connectivity index (χ0) is 11.7. The number of nitrogens with one attached hydrogen (secondary N) is 1. The summed E-state index contributed by atoms with van der Waals surface area (Å²) in [6.07, 6.45) is 3.01. The Labute approximate surface area is 97.3 Å². The Bertz CT molecular complexity index is 434. The number of aromatic carboxylic acids is 1. The van der Waals surface area contributed by atoms with Crippen LogP contribution in [0.5, 0.6) is 0 Å². The van der Waals surface area contributed by atoms with Crippen LogP contribution in [0.1, 0.15) is 34.5 Å². The molecule has 0 saturated heterocycles. The first-order valence-corrected chi connectivity index (χ1v) is 6.04. The lowest BCUT2D eigenvalue weighted by Gasteiger charge is -2.23. The number of hydrogen-bond donors (Lipinski definition) is 2. The highest BCUT2D eigenvalue weighted by Crippen LogP contribution is 2.30. The van der Waals surface area contributed by atoms with Gasteiger partial charge in [0.2, 0.25) is 5.91 Å². The quantitative estimate of drug-likeness (QED) is 0.851. The van der Waals surface area contributed by atoms with E-state index in [4.69, 9.17) is 5.11 Å². The van der Waals surface area contributed by atoms with Crippen molar-refractivity contribution in [3.8, 4) is 0 Å². The molecule has 2 N–H and O–H groups in total. The Balaban J connectivity index is 2.06. The lowest BCUT2D eigenvalue weighted by molar-refractivity contribution is -0.122. The molecule has 2 rings (SSSR count). The first-order chi connectivity index (χ1) is 7.58. The number of hydrogen-bond acceptors (Lipinski definition) is 3. The summed E-state index contributed by atoms with van der Waals surface area (Å²) in [7, 11) is 0. The van der Waals surface area contributed by atoms with Crippen molar-refractivity contribution in [2.45, 2.75) is 26.2 Å². The maximum Gasteiger partial charge on any atom is 0.346 e. The van der Waals surface area contributed by atoms with Crippen molar-refractivity contribution in [1.29, 1.82) is 0 Å². The molecule has 1 aliphatic carbocycles. The van der Waals surface area contributed by atoms with Gasteiger partial charge in [0, 0.05) is 5.92 Å². The van der Waals surface area contributed by atoms with Crippen LogP contribution in [0.15, 0.2) is 6.07 Å². The smallest absolute Gasteiger partial charge is 0.346 e. The molecule has 4 nitrogen and oxygen atoms in total. The van der Waals surface area contributed by atoms with E-state index >= 15 is 0 Å². The number of carboxylic acid groups (broad SMARTS) is 1. The van der Waals surface area contributed by atoms with Crippen molar-refractivity contribution in [3.63, 3.8) is 0 Å². The van der Waals surface area contributed by atoms with Gasteiger partial charge in [0.1, 0.15) is 4.88 Å². The van der Waals surface area contributed by atoms with Crippen LogP contribution in [0.2, 0.25) is 0 Å². The first-order valence-electron chi connectivity index (χ1n) is 5.22. The van der Waals surface area contributed by atoms with Gasteiger partial charge < -0.3 is 10.4 Å². The van der Waals surface area contributed by atoms with E-state index in [9.17, 15) is 9.59 Å². The van der Waals surface area contributed by atoms with Crippen molar-refractivity contribution >= 4 is 28.2 Å². The van der Waals surface area contributed by atoms with Gasteiger partial charge in [-0.05, 0) is 31.4 Å². The molecule has 0 radical (unpaired) electrons. The van der Waals surface area contributed by atoms with Gasteiger partial charge in [-0.1, -0.05) is 6.42 Å². The number of carbonyl (C=O) groups excluding carboxylic acids is 1. The highest BCUT2D eigenvalue weighted by atomic mass is 32.1. The number of aryl methyl sites for hydroxylation is 1. The Kier molecular flexibility index (Phi) is 2.96.